The van der Waals surface area contributed by atoms with E-state index in [9.17, 15) is 4.79 Å². The summed E-state index contributed by atoms with van der Waals surface area (Å²) in [4.78, 5) is 22.4. The topological polar surface area (TPSA) is 80.9 Å². The largest absolute Gasteiger partial charge is 0.478 e. The lowest BCUT2D eigenvalue weighted by Crippen LogP contribution is -2.01. The normalized spacial score (nSPS) is 10.2. The summed E-state index contributed by atoms with van der Waals surface area (Å²) in [7, 11) is 1.82. The van der Waals surface area contributed by atoms with Crippen molar-refractivity contribution in [3.63, 3.8) is 0 Å². The van der Waals surface area contributed by atoms with Crippen LogP contribution in [0.15, 0.2) is 24.9 Å². The smallest absolute Gasteiger partial charge is 0.338 e. The molecule has 0 saturated carbocycles. The van der Waals surface area contributed by atoms with Crippen LogP contribution in [0.25, 0.3) is 11.5 Å². The molecule has 0 aliphatic rings. The number of nitrogens with zero attached hydrogens (tertiary/aromatic N) is 4. The van der Waals surface area contributed by atoms with Crippen LogP contribution in [-0.4, -0.2) is 30.6 Å². The molecule has 0 fully saturated rings. The molecule has 0 saturated heterocycles. The molecule has 2 heterocycles. The third-order valence-electron chi connectivity index (χ3n) is 1.94. The molecule has 0 aliphatic carbocycles. The highest BCUT2D eigenvalue weighted by atomic mass is 16.4. The molecular weight excluding hydrogens is 196 g/mol. The molecule has 1 N–H and O–H groups in total. The number of carbonyl (C=O) groups is 1. The van der Waals surface area contributed by atoms with Crippen molar-refractivity contribution in [2.24, 2.45) is 7.05 Å². The van der Waals surface area contributed by atoms with Crippen LogP contribution >= 0.6 is 0 Å². The number of hydrogen-bond donors (Lipinski definition) is 1. The highest BCUT2D eigenvalue weighted by molar-refractivity contribution is 5.86. The zero-order chi connectivity index (χ0) is 10.8. The van der Waals surface area contributed by atoms with Crippen LogP contribution in [0.2, 0.25) is 0 Å². The van der Waals surface area contributed by atoms with Gasteiger partial charge in [0.15, 0.2) is 5.82 Å². The Morgan fingerprint density at radius 2 is 2.00 bits per heavy atom. The highest BCUT2D eigenvalue weighted by Gasteiger charge is 2.07. The zero-order valence-corrected chi connectivity index (χ0v) is 7.95. The standard InChI is InChI=1S/C9H8N4O2/c1-13-5-10-4-7(13)8-11-2-6(3-12-8)9(14)15/h2-5H,1H3,(H,14,15). The maximum atomic E-state index is 10.6. The first kappa shape index (κ1) is 9.32. The molecule has 76 valence electrons. The van der Waals surface area contributed by atoms with Gasteiger partial charge >= 0.3 is 5.97 Å². The molecule has 0 bridgehead atoms. The van der Waals surface area contributed by atoms with E-state index in [0.717, 1.165) is 5.69 Å². The van der Waals surface area contributed by atoms with Crippen LogP contribution in [0, 0.1) is 0 Å². The van der Waals surface area contributed by atoms with E-state index in [2.05, 4.69) is 15.0 Å². The minimum atomic E-state index is -1.04. The molecule has 6 heteroatoms. The van der Waals surface area contributed by atoms with E-state index in [1.54, 1.807) is 17.1 Å². The summed E-state index contributed by atoms with van der Waals surface area (Å²) in [5.74, 6) is -0.577. The van der Waals surface area contributed by atoms with Gasteiger partial charge in [-0.05, 0) is 0 Å². The van der Waals surface area contributed by atoms with E-state index in [4.69, 9.17) is 5.11 Å². The molecule has 2 rings (SSSR count). The Labute approximate surface area is 85.3 Å². The van der Waals surface area contributed by atoms with Crippen LogP contribution in [0.3, 0.4) is 0 Å². The maximum absolute atomic E-state index is 10.6. The second-order valence-corrected chi connectivity index (χ2v) is 2.99. The summed E-state index contributed by atoms with van der Waals surface area (Å²) in [5.41, 5.74) is 0.813. The molecule has 0 aromatic carbocycles. The molecule has 2 aromatic heterocycles. The van der Waals surface area contributed by atoms with Gasteiger partial charge < -0.3 is 9.67 Å². The zero-order valence-electron chi connectivity index (χ0n) is 7.95. The van der Waals surface area contributed by atoms with E-state index >= 15 is 0 Å². The van der Waals surface area contributed by atoms with Crippen molar-refractivity contribution in [1.29, 1.82) is 0 Å². The average molecular weight is 204 g/mol. The second-order valence-electron chi connectivity index (χ2n) is 2.99. The fourth-order valence-electron chi connectivity index (χ4n) is 1.14. The summed E-state index contributed by atoms with van der Waals surface area (Å²) in [6.07, 6.45) is 5.80. The summed E-state index contributed by atoms with van der Waals surface area (Å²) < 4.78 is 1.76. The number of rotatable bonds is 2. The van der Waals surface area contributed by atoms with Crippen molar-refractivity contribution in [3.05, 3.63) is 30.5 Å². The van der Waals surface area contributed by atoms with Gasteiger partial charge in [-0.2, -0.15) is 0 Å². The molecule has 15 heavy (non-hydrogen) atoms. The van der Waals surface area contributed by atoms with Gasteiger partial charge in [-0.3, -0.25) is 0 Å². The van der Waals surface area contributed by atoms with Gasteiger partial charge in [-0.25, -0.2) is 19.7 Å². The van der Waals surface area contributed by atoms with Gasteiger partial charge in [0.2, 0.25) is 0 Å². The van der Waals surface area contributed by atoms with E-state index in [1.807, 2.05) is 7.05 Å². The lowest BCUT2D eigenvalue weighted by Gasteiger charge is -2.00. The second kappa shape index (κ2) is 3.49. The van der Waals surface area contributed by atoms with Crippen LogP contribution in [0.5, 0.6) is 0 Å². The number of imidazole rings is 1. The first-order valence-electron chi connectivity index (χ1n) is 4.20. The predicted molar refractivity (Wildman–Crippen MR) is 51.2 cm³/mol. The minimum Gasteiger partial charge on any atom is -0.478 e. The Bertz CT molecular complexity index is 489. The first-order valence-corrected chi connectivity index (χ1v) is 4.20. The third kappa shape index (κ3) is 1.69. The van der Waals surface area contributed by atoms with Gasteiger partial charge in [0.25, 0.3) is 0 Å². The van der Waals surface area contributed by atoms with Crippen LogP contribution in [0.1, 0.15) is 10.4 Å². The predicted octanol–water partition coefficient (Wildman–Crippen LogP) is 0.575. The molecule has 0 aliphatic heterocycles. The van der Waals surface area contributed by atoms with Crippen LogP contribution in [0.4, 0.5) is 0 Å². The van der Waals surface area contributed by atoms with Gasteiger partial charge in [0, 0.05) is 19.4 Å². The van der Waals surface area contributed by atoms with Crippen molar-refractivity contribution < 1.29 is 9.90 Å². The Morgan fingerprint density at radius 1 is 1.33 bits per heavy atom. The lowest BCUT2D eigenvalue weighted by molar-refractivity contribution is 0.0696. The fraction of sp³-hybridized carbons (Fsp3) is 0.111. The van der Waals surface area contributed by atoms with E-state index in [1.165, 1.54) is 12.4 Å². The highest BCUT2D eigenvalue weighted by Crippen LogP contribution is 2.11. The average Bonchev–Trinajstić information content (AvgIpc) is 2.65. The van der Waals surface area contributed by atoms with Crippen molar-refractivity contribution in [2.75, 3.05) is 0 Å². The molecule has 0 atom stereocenters. The number of aromatic carboxylic acids is 1. The quantitative estimate of drug-likeness (QED) is 0.773. The lowest BCUT2D eigenvalue weighted by atomic mass is 10.3. The van der Waals surface area contributed by atoms with Crippen molar-refractivity contribution in [2.45, 2.75) is 0 Å². The van der Waals surface area contributed by atoms with Crippen molar-refractivity contribution in [3.8, 4) is 11.5 Å². The summed E-state index contributed by atoms with van der Waals surface area (Å²) in [5, 5.41) is 8.66. The number of carboxylic acid groups (broad SMARTS) is 1. The van der Waals surface area contributed by atoms with E-state index in [0.29, 0.717) is 5.82 Å². The van der Waals surface area contributed by atoms with Gasteiger partial charge in [-0.1, -0.05) is 0 Å². The Balaban J connectivity index is 2.40. The number of hydrogen-bond acceptors (Lipinski definition) is 4. The first-order chi connectivity index (χ1) is 7.18. The molecule has 0 radical (unpaired) electrons. The van der Waals surface area contributed by atoms with E-state index < -0.39 is 5.97 Å². The monoisotopic (exact) mass is 204 g/mol. The Morgan fingerprint density at radius 3 is 2.47 bits per heavy atom. The van der Waals surface area contributed by atoms with Gasteiger partial charge in [0.1, 0.15) is 5.69 Å². The number of carboxylic acids is 1. The van der Waals surface area contributed by atoms with Gasteiger partial charge in [0.05, 0.1) is 18.1 Å². The summed E-state index contributed by atoms with van der Waals surface area (Å²) in [6.45, 7) is 0. The van der Waals surface area contributed by atoms with Crippen molar-refractivity contribution >= 4 is 5.97 Å². The molecule has 0 amide bonds. The van der Waals surface area contributed by atoms with Crippen molar-refractivity contribution in [1.82, 2.24) is 19.5 Å². The Hall–Kier alpha value is -2.24. The molecule has 0 unspecified atom stereocenters. The number of aromatic nitrogens is 4. The van der Waals surface area contributed by atoms with Gasteiger partial charge in [-0.15, -0.1) is 0 Å². The van der Waals surface area contributed by atoms with Crippen LogP contribution < -0.4 is 0 Å². The van der Waals surface area contributed by atoms with Crippen LogP contribution in [-0.2, 0) is 7.05 Å². The SMILES string of the molecule is Cn1cncc1-c1ncc(C(=O)O)cn1. The summed E-state index contributed by atoms with van der Waals surface area (Å²) >= 11 is 0. The fourth-order valence-corrected chi connectivity index (χ4v) is 1.14. The third-order valence-corrected chi connectivity index (χ3v) is 1.94. The molecular formula is C9H8N4O2. The molecule has 6 nitrogen and oxygen atoms in total. The maximum Gasteiger partial charge on any atom is 0.338 e. The molecule has 0 spiro atoms. The Kier molecular flexibility index (Phi) is 2.17. The summed E-state index contributed by atoms with van der Waals surface area (Å²) in [6, 6.07) is 0. The minimum absolute atomic E-state index is 0.0703. The van der Waals surface area contributed by atoms with E-state index in [-0.39, 0.29) is 5.56 Å². The number of aryl methyl sites for hydroxylation is 1. The molecule has 2 aromatic rings.